The highest BCUT2D eigenvalue weighted by molar-refractivity contribution is 7.13. The molecule has 0 aliphatic carbocycles. The first-order valence-electron chi connectivity index (χ1n) is 9.76. The van der Waals surface area contributed by atoms with Crippen molar-refractivity contribution in [2.75, 3.05) is 30.4 Å². The molecule has 1 aliphatic heterocycles. The molecule has 0 saturated carbocycles. The van der Waals surface area contributed by atoms with Crippen molar-refractivity contribution in [3.63, 3.8) is 0 Å². The van der Waals surface area contributed by atoms with E-state index in [0.717, 1.165) is 13.1 Å². The van der Waals surface area contributed by atoms with Crippen molar-refractivity contribution in [1.29, 1.82) is 0 Å². The molecule has 2 heterocycles. The number of aromatic nitrogens is 1. The first kappa shape index (κ1) is 20.3. The molecule has 1 fully saturated rings. The van der Waals surface area contributed by atoms with E-state index in [1.807, 2.05) is 32.3 Å². The largest absolute Gasteiger partial charge is 0.371 e. The maximum absolute atomic E-state index is 12.7. The van der Waals surface area contributed by atoms with Gasteiger partial charge in [-0.2, -0.15) is 0 Å². The molecule has 0 bridgehead atoms. The van der Waals surface area contributed by atoms with Crippen LogP contribution < -0.4 is 10.2 Å². The van der Waals surface area contributed by atoms with Crippen molar-refractivity contribution in [1.82, 2.24) is 9.88 Å². The fourth-order valence-corrected chi connectivity index (χ4v) is 3.95. The van der Waals surface area contributed by atoms with Gasteiger partial charge in [0.15, 0.2) is 5.13 Å². The molecule has 0 atom stereocenters. The summed E-state index contributed by atoms with van der Waals surface area (Å²) in [4.78, 5) is 33.0. The predicted molar refractivity (Wildman–Crippen MR) is 114 cm³/mol. The third-order valence-electron chi connectivity index (χ3n) is 4.91. The van der Waals surface area contributed by atoms with Gasteiger partial charge in [0.05, 0.1) is 12.1 Å². The van der Waals surface area contributed by atoms with Crippen LogP contribution in [-0.2, 0) is 22.6 Å². The number of carbonyl (C=O) groups is 2. The number of rotatable bonds is 7. The first-order valence-corrected chi connectivity index (χ1v) is 10.6. The quantitative estimate of drug-likeness (QED) is 0.772. The summed E-state index contributed by atoms with van der Waals surface area (Å²) in [5.74, 6) is -0.151. The van der Waals surface area contributed by atoms with Gasteiger partial charge < -0.3 is 15.1 Å². The van der Waals surface area contributed by atoms with E-state index in [4.69, 9.17) is 0 Å². The number of thiazole rings is 1. The molecule has 1 aromatic heterocycles. The smallest absolute Gasteiger partial charge is 0.228 e. The lowest BCUT2D eigenvalue weighted by Crippen LogP contribution is -2.29. The molecule has 1 N–H and O–H groups in total. The highest BCUT2D eigenvalue weighted by Crippen LogP contribution is 2.25. The van der Waals surface area contributed by atoms with Gasteiger partial charge in [-0.3, -0.25) is 9.59 Å². The summed E-state index contributed by atoms with van der Waals surface area (Å²) in [6.45, 7) is 6.41. The Morgan fingerprint density at radius 2 is 1.96 bits per heavy atom. The highest BCUT2D eigenvalue weighted by Gasteiger charge is 2.18. The standard InChI is InChI=1S/C21H28N4O2S/c1-15(2)20(27)23-21-22-17(14-28-21)12-19(26)24(3)13-16-8-4-5-9-18(16)25-10-6-7-11-25/h4-5,8-9,14-15H,6-7,10-13H2,1-3H3,(H,22,23,27). The van der Waals surface area contributed by atoms with Crippen LogP contribution in [0.15, 0.2) is 29.6 Å². The lowest BCUT2D eigenvalue weighted by Gasteiger charge is -2.24. The normalized spacial score (nSPS) is 13.8. The van der Waals surface area contributed by atoms with Crippen LogP contribution in [0.3, 0.4) is 0 Å². The molecule has 0 spiro atoms. The van der Waals surface area contributed by atoms with Gasteiger partial charge in [-0.05, 0) is 24.5 Å². The Labute approximate surface area is 170 Å². The zero-order chi connectivity index (χ0) is 20.1. The lowest BCUT2D eigenvalue weighted by atomic mass is 10.1. The lowest BCUT2D eigenvalue weighted by molar-refractivity contribution is -0.129. The number of hydrogen-bond acceptors (Lipinski definition) is 5. The fourth-order valence-electron chi connectivity index (χ4n) is 3.24. The molecule has 150 valence electrons. The number of anilines is 2. The van der Waals surface area contributed by atoms with Crippen molar-refractivity contribution >= 4 is 34.0 Å². The van der Waals surface area contributed by atoms with Crippen LogP contribution in [0.4, 0.5) is 10.8 Å². The van der Waals surface area contributed by atoms with Gasteiger partial charge in [0.2, 0.25) is 11.8 Å². The van der Waals surface area contributed by atoms with E-state index in [0.29, 0.717) is 17.4 Å². The van der Waals surface area contributed by atoms with E-state index in [9.17, 15) is 9.59 Å². The van der Waals surface area contributed by atoms with E-state index in [-0.39, 0.29) is 24.2 Å². The zero-order valence-electron chi connectivity index (χ0n) is 16.8. The summed E-state index contributed by atoms with van der Waals surface area (Å²) in [6.07, 6.45) is 2.68. The summed E-state index contributed by atoms with van der Waals surface area (Å²) in [7, 11) is 1.83. The van der Waals surface area contributed by atoms with Gasteiger partial charge in [-0.25, -0.2) is 4.98 Å². The summed E-state index contributed by atoms with van der Waals surface area (Å²) in [5, 5.41) is 5.16. The van der Waals surface area contributed by atoms with E-state index in [2.05, 4.69) is 33.4 Å². The van der Waals surface area contributed by atoms with E-state index in [1.165, 1.54) is 35.4 Å². The Hall–Kier alpha value is -2.41. The molecule has 3 rings (SSSR count). The number of para-hydroxylation sites is 1. The maximum atomic E-state index is 12.7. The second kappa shape index (κ2) is 9.19. The molecule has 28 heavy (non-hydrogen) atoms. The summed E-state index contributed by atoms with van der Waals surface area (Å²) < 4.78 is 0. The van der Waals surface area contributed by atoms with Crippen molar-refractivity contribution in [3.05, 3.63) is 40.9 Å². The molecule has 1 aromatic carbocycles. The van der Waals surface area contributed by atoms with Crippen molar-refractivity contribution in [2.24, 2.45) is 5.92 Å². The van der Waals surface area contributed by atoms with Crippen molar-refractivity contribution < 1.29 is 9.59 Å². The molecule has 1 aliphatic rings. The number of nitrogens with zero attached hydrogens (tertiary/aromatic N) is 3. The van der Waals surface area contributed by atoms with Crippen LogP contribution in [0.25, 0.3) is 0 Å². The number of carbonyl (C=O) groups excluding carboxylic acids is 2. The summed E-state index contributed by atoms with van der Waals surface area (Å²) in [5.41, 5.74) is 3.09. The van der Waals surface area contributed by atoms with Crippen molar-refractivity contribution in [2.45, 2.75) is 39.7 Å². The SMILES string of the molecule is CC(C)C(=O)Nc1nc(CC(=O)N(C)Cc2ccccc2N2CCCC2)cs1. The Morgan fingerprint density at radius 1 is 1.25 bits per heavy atom. The minimum atomic E-state index is -0.101. The average molecular weight is 401 g/mol. The molecular weight excluding hydrogens is 372 g/mol. The summed E-state index contributed by atoms with van der Waals surface area (Å²) in [6, 6.07) is 8.32. The van der Waals surface area contributed by atoms with E-state index < -0.39 is 0 Å². The van der Waals surface area contributed by atoms with Gasteiger partial charge in [0, 0.05) is 43.7 Å². The van der Waals surface area contributed by atoms with Gasteiger partial charge in [-0.1, -0.05) is 32.0 Å². The van der Waals surface area contributed by atoms with Gasteiger partial charge in [0.1, 0.15) is 0 Å². The molecule has 7 heteroatoms. The number of nitrogens with one attached hydrogen (secondary N) is 1. The molecule has 1 saturated heterocycles. The Balaban J connectivity index is 1.60. The van der Waals surface area contributed by atoms with E-state index in [1.54, 1.807) is 4.90 Å². The molecular formula is C21H28N4O2S. The van der Waals surface area contributed by atoms with E-state index >= 15 is 0 Å². The summed E-state index contributed by atoms with van der Waals surface area (Å²) >= 11 is 1.35. The van der Waals surface area contributed by atoms with Crippen LogP contribution in [0.2, 0.25) is 0 Å². The zero-order valence-corrected chi connectivity index (χ0v) is 17.6. The molecule has 2 aromatic rings. The van der Waals surface area contributed by atoms with Gasteiger partial charge in [0.25, 0.3) is 0 Å². The van der Waals surface area contributed by atoms with Gasteiger partial charge >= 0.3 is 0 Å². The van der Waals surface area contributed by atoms with Crippen LogP contribution in [0.5, 0.6) is 0 Å². The third-order valence-corrected chi connectivity index (χ3v) is 5.72. The highest BCUT2D eigenvalue weighted by atomic mass is 32.1. The third kappa shape index (κ3) is 5.10. The maximum Gasteiger partial charge on any atom is 0.228 e. The monoisotopic (exact) mass is 400 g/mol. The van der Waals surface area contributed by atoms with Crippen LogP contribution in [0, 0.1) is 5.92 Å². The number of likely N-dealkylation sites (N-methyl/N-ethyl adjacent to an activating group) is 1. The molecule has 2 amide bonds. The van der Waals surface area contributed by atoms with Crippen LogP contribution in [-0.4, -0.2) is 41.8 Å². The fraction of sp³-hybridized carbons (Fsp3) is 0.476. The Kier molecular flexibility index (Phi) is 6.67. The second-order valence-electron chi connectivity index (χ2n) is 7.54. The minimum absolute atomic E-state index is 0.0169. The van der Waals surface area contributed by atoms with Crippen LogP contribution >= 0.6 is 11.3 Å². The predicted octanol–water partition coefficient (Wildman–Crippen LogP) is 3.54. The average Bonchev–Trinajstić information content (AvgIpc) is 3.34. The van der Waals surface area contributed by atoms with Crippen molar-refractivity contribution in [3.8, 4) is 0 Å². The molecule has 0 unspecified atom stereocenters. The van der Waals surface area contributed by atoms with Gasteiger partial charge in [-0.15, -0.1) is 11.3 Å². The molecule has 6 nitrogen and oxygen atoms in total. The molecule has 0 radical (unpaired) electrons. The number of amides is 2. The van der Waals surface area contributed by atoms with Crippen LogP contribution in [0.1, 0.15) is 37.9 Å². The second-order valence-corrected chi connectivity index (χ2v) is 8.40. The Bertz CT molecular complexity index is 827. The Morgan fingerprint density at radius 3 is 2.68 bits per heavy atom. The number of benzene rings is 1. The minimum Gasteiger partial charge on any atom is -0.371 e. The topological polar surface area (TPSA) is 65.5 Å². The number of hydrogen-bond donors (Lipinski definition) is 1. The first-order chi connectivity index (χ1) is 13.4.